The lowest BCUT2D eigenvalue weighted by atomic mass is 9.93. The van der Waals surface area contributed by atoms with E-state index in [-0.39, 0.29) is 0 Å². The van der Waals surface area contributed by atoms with Crippen molar-refractivity contribution in [2.45, 2.75) is 19.3 Å². The molecule has 0 aliphatic carbocycles. The molecule has 0 radical (unpaired) electrons. The molecule has 132 valence electrons. The van der Waals surface area contributed by atoms with E-state index in [0.717, 1.165) is 63.0 Å². The van der Waals surface area contributed by atoms with Gasteiger partial charge in [0.05, 0.1) is 37.0 Å². The fourth-order valence-corrected chi connectivity index (χ4v) is 3.64. The second-order valence-corrected chi connectivity index (χ2v) is 6.74. The van der Waals surface area contributed by atoms with E-state index in [4.69, 9.17) is 4.74 Å². The van der Waals surface area contributed by atoms with Crippen LogP contribution >= 0.6 is 0 Å². The summed E-state index contributed by atoms with van der Waals surface area (Å²) >= 11 is 0. The maximum Gasteiger partial charge on any atom is 0.151 e. The highest BCUT2D eigenvalue weighted by Gasteiger charge is 2.21. The minimum Gasteiger partial charge on any atom is -0.378 e. The lowest BCUT2D eigenvalue weighted by Crippen LogP contribution is -2.37. The molecular weight excluding hydrogens is 316 g/mol. The fourth-order valence-electron chi connectivity index (χ4n) is 3.64. The van der Waals surface area contributed by atoms with Crippen LogP contribution in [0.3, 0.4) is 0 Å². The highest BCUT2D eigenvalue weighted by Crippen LogP contribution is 2.24. The average molecular weight is 340 g/mol. The van der Waals surface area contributed by atoms with Crippen molar-refractivity contribution in [2.24, 2.45) is 5.92 Å². The first-order valence-electron chi connectivity index (χ1n) is 9.04. The molecule has 0 unspecified atom stereocenters. The lowest BCUT2D eigenvalue weighted by Gasteiger charge is -2.33. The van der Waals surface area contributed by atoms with Gasteiger partial charge in [0.15, 0.2) is 5.82 Å². The molecule has 7 heteroatoms. The zero-order valence-electron chi connectivity index (χ0n) is 14.4. The molecule has 4 heterocycles. The Labute approximate surface area is 148 Å². The van der Waals surface area contributed by atoms with Gasteiger partial charge < -0.3 is 14.5 Å². The molecule has 7 nitrogen and oxygen atoms in total. The standard InChI is InChI=1S/C18H24N6O/c1-2-15(13-24(5-1)17-11-19-14-20-12-17)10-16-3-4-18(22-21-16)23-6-8-25-9-7-23/h3-4,11-12,14-15H,1-2,5-10,13H2/t15-/m1/s1. The summed E-state index contributed by atoms with van der Waals surface area (Å²) in [6.07, 6.45) is 8.77. The molecule has 2 aromatic heterocycles. The van der Waals surface area contributed by atoms with Gasteiger partial charge in [-0.2, -0.15) is 5.10 Å². The number of hydrogen-bond acceptors (Lipinski definition) is 7. The Morgan fingerprint density at radius 3 is 2.60 bits per heavy atom. The zero-order valence-corrected chi connectivity index (χ0v) is 14.4. The minimum absolute atomic E-state index is 0.595. The van der Waals surface area contributed by atoms with Crippen molar-refractivity contribution in [1.82, 2.24) is 20.2 Å². The predicted molar refractivity (Wildman–Crippen MR) is 95.7 cm³/mol. The summed E-state index contributed by atoms with van der Waals surface area (Å²) in [4.78, 5) is 12.9. The molecule has 2 aliphatic heterocycles. The van der Waals surface area contributed by atoms with Crippen LogP contribution in [0.15, 0.2) is 30.9 Å². The minimum atomic E-state index is 0.595. The van der Waals surface area contributed by atoms with Crippen molar-refractivity contribution in [2.75, 3.05) is 49.2 Å². The fraction of sp³-hybridized carbons (Fsp3) is 0.556. The Morgan fingerprint density at radius 1 is 1.00 bits per heavy atom. The average Bonchev–Trinajstić information content (AvgIpc) is 2.70. The van der Waals surface area contributed by atoms with E-state index in [0.29, 0.717) is 5.92 Å². The summed E-state index contributed by atoms with van der Waals surface area (Å²) < 4.78 is 5.39. The maximum absolute atomic E-state index is 5.39. The Bertz CT molecular complexity index is 659. The van der Waals surface area contributed by atoms with Gasteiger partial charge >= 0.3 is 0 Å². The van der Waals surface area contributed by atoms with Gasteiger partial charge in [0, 0.05) is 26.2 Å². The molecule has 0 N–H and O–H groups in total. The van der Waals surface area contributed by atoms with Gasteiger partial charge in [-0.05, 0) is 37.3 Å². The largest absolute Gasteiger partial charge is 0.378 e. The Balaban J connectivity index is 1.36. The highest BCUT2D eigenvalue weighted by atomic mass is 16.5. The third-order valence-electron chi connectivity index (χ3n) is 4.97. The molecule has 2 saturated heterocycles. The molecule has 4 rings (SSSR count). The molecule has 1 atom stereocenters. The molecule has 2 aromatic rings. The first kappa shape index (κ1) is 16.2. The number of rotatable bonds is 4. The molecule has 0 aromatic carbocycles. The molecular formula is C18H24N6O. The van der Waals surface area contributed by atoms with Gasteiger partial charge in [-0.15, -0.1) is 5.10 Å². The van der Waals surface area contributed by atoms with E-state index in [1.54, 1.807) is 6.33 Å². The van der Waals surface area contributed by atoms with Crippen LogP contribution < -0.4 is 9.80 Å². The third-order valence-corrected chi connectivity index (χ3v) is 4.97. The van der Waals surface area contributed by atoms with E-state index in [2.05, 4.69) is 42.1 Å². The molecule has 2 fully saturated rings. The van der Waals surface area contributed by atoms with Gasteiger partial charge in [-0.25, -0.2) is 9.97 Å². The molecule has 0 spiro atoms. The molecule has 0 bridgehead atoms. The Hall–Kier alpha value is -2.28. The molecule has 0 saturated carbocycles. The summed E-state index contributed by atoms with van der Waals surface area (Å²) in [6.45, 7) is 5.43. The van der Waals surface area contributed by atoms with Crippen LogP contribution in [0.2, 0.25) is 0 Å². The normalized spacial score (nSPS) is 21.4. The summed E-state index contributed by atoms with van der Waals surface area (Å²) in [5, 5.41) is 8.90. The van der Waals surface area contributed by atoms with Crippen LogP contribution in [-0.4, -0.2) is 59.6 Å². The van der Waals surface area contributed by atoms with E-state index >= 15 is 0 Å². The van der Waals surface area contributed by atoms with Gasteiger partial charge in [0.25, 0.3) is 0 Å². The first-order chi connectivity index (χ1) is 12.4. The zero-order chi connectivity index (χ0) is 16.9. The summed E-state index contributed by atoms with van der Waals surface area (Å²) in [7, 11) is 0. The van der Waals surface area contributed by atoms with E-state index in [9.17, 15) is 0 Å². The smallest absolute Gasteiger partial charge is 0.151 e. The number of morpholine rings is 1. The number of piperidine rings is 1. The monoisotopic (exact) mass is 340 g/mol. The van der Waals surface area contributed by atoms with Crippen molar-refractivity contribution in [3.8, 4) is 0 Å². The van der Waals surface area contributed by atoms with E-state index in [1.165, 1.54) is 12.8 Å². The SMILES string of the molecule is c1ncc(N2CCC[C@H](Cc3ccc(N4CCOCC4)nn3)C2)cn1. The predicted octanol–water partition coefficient (Wildman–Crippen LogP) is 1.56. The second-order valence-electron chi connectivity index (χ2n) is 6.74. The summed E-state index contributed by atoms with van der Waals surface area (Å²) in [5.41, 5.74) is 2.19. The van der Waals surface area contributed by atoms with E-state index in [1.807, 2.05) is 12.4 Å². The van der Waals surface area contributed by atoms with Crippen molar-refractivity contribution < 1.29 is 4.74 Å². The summed E-state index contributed by atoms with van der Waals surface area (Å²) in [6, 6.07) is 4.22. The summed E-state index contributed by atoms with van der Waals surface area (Å²) in [5.74, 6) is 1.55. The van der Waals surface area contributed by atoms with Crippen molar-refractivity contribution in [3.05, 3.63) is 36.5 Å². The third kappa shape index (κ3) is 4.04. The van der Waals surface area contributed by atoms with Crippen molar-refractivity contribution >= 4 is 11.5 Å². The van der Waals surface area contributed by atoms with Crippen molar-refractivity contribution in [1.29, 1.82) is 0 Å². The topological polar surface area (TPSA) is 67.3 Å². The van der Waals surface area contributed by atoms with Crippen LogP contribution in [0.25, 0.3) is 0 Å². The van der Waals surface area contributed by atoms with Crippen LogP contribution in [-0.2, 0) is 11.2 Å². The van der Waals surface area contributed by atoms with Gasteiger partial charge in [-0.1, -0.05) is 0 Å². The maximum atomic E-state index is 5.39. The van der Waals surface area contributed by atoms with Crippen LogP contribution in [0.5, 0.6) is 0 Å². The number of hydrogen-bond donors (Lipinski definition) is 0. The molecule has 2 aliphatic rings. The van der Waals surface area contributed by atoms with Gasteiger partial charge in [-0.3, -0.25) is 0 Å². The quantitative estimate of drug-likeness (QED) is 0.837. The highest BCUT2D eigenvalue weighted by molar-refractivity contribution is 5.42. The number of anilines is 2. The van der Waals surface area contributed by atoms with Gasteiger partial charge in [0.2, 0.25) is 0 Å². The number of aromatic nitrogens is 4. The first-order valence-corrected chi connectivity index (χ1v) is 9.04. The van der Waals surface area contributed by atoms with Crippen molar-refractivity contribution in [3.63, 3.8) is 0 Å². The number of nitrogens with zero attached hydrogens (tertiary/aromatic N) is 6. The van der Waals surface area contributed by atoms with Crippen LogP contribution in [0.4, 0.5) is 11.5 Å². The molecule has 25 heavy (non-hydrogen) atoms. The van der Waals surface area contributed by atoms with Crippen LogP contribution in [0, 0.1) is 5.92 Å². The lowest BCUT2D eigenvalue weighted by molar-refractivity contribution is 0.122. The second kappa shape index (κ2) is 7.74. The Kier molecular flexibility index (Phi) is 5.01. The number of ether oxygens (including phenoxy) is 1. The molecule has 0 amide bonds. The van der Waals surface area contributed by atoms with E-state index < -0.39 is 0 Å². The Morgan fingerprint density at radius 2 is 1.84 bits per heavy atom. The van der Waals surface area contributed by atoms with Gasteiger partial charge in [0.1, 0.15) is 6.33 Å². The van der Waals surface area contributed by atoms with Crippen LogP contribution in [0.1, 0.15) is 18.5 Å².